The highest BCUT2D eigenvalue weighted by Gasteiger charge is 2.20. The number of carboxylic acids is 1. The van der Waals surface area contributed by atoms with Crippen molar-refractivity contribution in [3.05, 3.63) is 28.8 Å². The number of carbonyl (C=O) groups is 2. The number of anilines is 1. The molecule has 0 bridgehead atoms. The number of hydrogen-bond donors (Lipinski definition) is 2. The van der Waals surface area contributed by atoms with Gasteiger partial charge in [-0.1, -0.05) is 17.7 Å². The van der Waals surface area contributed by atoms with Crippen molar-refractivity contribution in [1.82, 2.24) is 4.90 Å². The van der Waals surface area contributed by atoms with Crippen LogP contribution in [0.15, 0.2) is 18.2 Å². The Morgan fingerprint density at radius 3 is 2.58 bits per heavy atom. The molecule has 0 radical (unpaired) electrons. The van der Waals surface area contributed by atoms with E-state index in [2.05, 4.69) is 5.32 Å². The van der Waals surface area contributed by atoms with Crippen LogP contribution in [0.4, 0.5) is 10.5 Å². The molecule has 5 nitrogen and oxygen atoms in total. The SMILES string of the molecule is Cc1ccc(Cl)cc1NC(=O)N(CC(=O)O)C(C)C. The Hall–Kier alpha value is -1.75. The first kappa shape index (κ1) is 15.3. The van der Waals surface area contributed by atoms with Crippen LogP contribution in [-0.2, 0) is 4.79 Å². The second-order valence-electron chi connectivity index (χ2n) is 4.50. The molecule has 0 heterocycles. The van der Waals surface area contributed by atoms with Gasteiger partial charge in [0.2, 0.25) is 0 Å². The third-order valence-corrected chi connectivity index (χ3v) is 2.87. The van der Waals surface area contributed by atoms with Crippen LogP contribution in [0.3, 0.4) is 0 Å². The number of aliphatic carboxylic acids is 1. The van der Waals surface area contributed by atoms with E-state index < -0.39 is 12.0 Å². The molecule has 0 saturated heterocycles. The summed E-state index contributed by atoms with van der Waals surface area (Å²) >= 11 is 5.87. The number of hydrogen-bond acceptors (Lipinski definition) is 2. The summed E-state index contributed by atoms with van der Waals surface area (Å²) in [5.74, 6) is -1.05. The van der Waals surface area contributed by atoms with Gasteiger partial charge in [0.15, 0.2) is 0 Å². The standard InChI is InChI=1S/C13H17ClN2O3/c1-8(2)16(7-12(17)18)13(19)15-11-6-10(14)5-4-9(11)3/h4-6,8H,7H2,1-3H3,(H,15,19)(H,17,18). The average molecular weight is 285 g/mol. The van der Waals surface area contributed by atoms with Crippen molar-refractivity contribution in [1.29, 1.82) is 0 Å². The van der Waals surface area contributed by atoms with Gasteiger partial charge < -0.3 is 15.3 Å². The molecule has 0 spiro atoms. The van der Waals surface area contributed by atoms with Crippen molar-refractivity contribution in [2.45, 2.75) is 26.8 Å². The molecule has 0 aliphatic carbocycles. The number of carboxylic acid groups (broad SMARTS) is 1. The number of aryl methyl sites for hydroxylation is 1. The van der Waals surface area contributed by atoms with Crippen molar-refractivity contribution in [3.63, 3.8) is 0 Å². The molecule has 2 amide bonds. The molecule has 1 aromatic rings. The number of amides is 2. The highest BCUT2D eigenvalue weighted by Crippen LogP contribution is 2.20. The quantitative estimate of drug-likeness (QED) is 0.893. The lowest BCUT2D eigenvalue weighted by atomic mass is 10.2. The number of benzene rings is 1. The van der Waals surface area contributed by atoms with Crippen LogP contribution in [0, 0.1) is 6.92 Å². The Labute approximate surface area is 117 Å². The largest absolute Gasteiger partial charge is 0.480 e. The maximum atomic E-state index is 12.1. The summed E-state index contributed by atoms with van der Waals surface area (Å²) in [5, 5.41) is 12.0. The zero-order valence-corrected chi connectivity index (χ0v) is 11.9. The maximum absolute atomic E-state index is 12.1. The Kier molecular flexibility index (Phi) is 5.18. The molecule has 19 heavy (non-hydrogen) atoms. The summed E-state index contributed by atoms with van der Waals surface area (Å²) in [7, 11) is 0. The zero-order chi connectivity index (χ0) is 14.6. The van der Waals surface area contributed by atoms with Gasteiger partial charge in [-0.05, 0) is 38.5 Å². The normalized spacial score (nSPS) is 10.4. The highest BCUT2D eigenvalue weighted by molar-refractivity contribution is 6.31. The minimum Gasteiger partial charge on any atom is -0.480 e. The van der Waals surface area contributed by atoms with Gasteiger partial charge in [0, 0.05) is 16.8 Å². The smallest absolute Gasteiger partial charge is 0.323 e. The topological polar surface area (TPSA) is 69.6 Å². The van der Waals surface area contributed by atoms with Crippen LogP contribution >= 0.6 is 11.6 Å². The molecule has 0 aliphatic heterocycles. The fourth-order valence-corrected chi connectivity index (χ4v) is 1.72. The summed E-state index contributed by atoms with van der Waals surface area (Å²) in [4.78, 5) is 24.0. The summed E-state index contributed by atoms with van der Waals surface area (Å²) in [5.41, 5.74) is 1.44. The third kappa shape index (κ3) is 4.44. The van der Waals surface area contributed by atoms with Crippen LogP contribution in [0.1, 0.15) is 19.4 Å². The summed E-state index contributed by atoms with van der Waals surface area (Å²) in [6, 6.07) is 4.48. The first-order valence-electron chi connectivity index (χ1n) is 5.87. The Morgan fingerprint density at radius 2 is 2.05 bits per heavy atom. The maximum Gasteiger partial charge on any atom is 0.323 e. The second kappa shape index (κ2) is 6.43. The van der Waals surface area contributed by atoms with E-state index in [-0.39, 0.29) is 12.6 Å². The van der Waals surface area contributed by atoms with Crippen LogP contribution in [0.2, 0.25) is 5.02 Å². The number of carbonyl (C=O) groups excluding carboxylic acids is 1. The summed E-state index contributed by atoms with van der Waals surface area (Å²) in [6.07, 6.45) is 0. The van der Waals surface area contributed by atoms with Gasteiger partial charge in [0.25, 0.3) is 0 Å². The summed E-state index contributed by atoms with van der Waals surface area (Å²) in [6.45, 7) is 5.01. The van der Waals surface area contributed by atoms with Crippen LogP contribution in [-0.4, -0.2) is 34.6 Å². The molecule has 104 valence electrons. The van der Waals surface area contributed by atoms with E-state index in [9.17, 15) is 9.59 Å². The molecule has 0 fully saturated rings. The van der Waals surface area contributed by atoms with Crippen molar-refractivity contribution in [2.24, 2.45) is 0 Å². The lowest BCUT2D eigenvalue weighted by molar-refractivity contribution is -0.137. The Morgan fingerprint density at radius 1 is 1.42 bits per heavy atom. The Bertz CT molecular complexity index is 489. The molecule has 6 heteroatoms. The van der Waals surface area contributed by atoms with E-state index in [1.807, 2.05) is 6.92 Å². The van der Waals surface area contributed by atoms with E-state index in [1.54, 1.807) is 32.0 Å². The second-order valence-corrected chi connectivity index (χ2v) is 4.94. The highest BCUT2D eigenvalue weighted by atomic mass is 35.5. The minimum absolute atomic E-state index is 0.212. The molecule has 0 saturated carbocycles. The third-order valence-electron chi connectivity index (χ3n) is 2.63. The molecule has 2 N–H and O–H groups in total. The predicted molar refractivity (Wildman–Crippen MR) is 74.7 cm³/mol. The van der Waals surface area contributed by atoms with Gasteiger partial charge in [0.1, 0.15) is 6.54 Å². The zero-order valence-electron chi connectivity index (χ0n) is 11.1. The van der Waals surface area contributed by atoms with E-state index in [4.69, 9.17) is 16.7 Å². The fraction of sp³-hybridized carbons (Fsp3) is 0.385. The fourth-order valence-electron chi connectivity index (χ4n) is 1.55. The number of nitrogens with one attached hydrogen (secondary N) is 1. The molecule has 1 aromatic carbocycles. The molecular weight excluding hydrogens is 268 g/mol. The molecule has 0 aromatic heterocycles. The van der Waals surface area contributed by atoms with Gasteiger partial charge in [-0.15, -0.1) is 0 Å². The van der Waals surface area contributed by atoms with Crippen LogP contribution in [0.5, 0.6) is 0 Å². The van der Waals surface area contributed by atoms with Crippen molar-refractivity contribution >= 4 is 29.3 Å². The number of halogens is 1. The Balaban J connectivity index is 2.87. The summed E-state index contributed by atoms with van der Waals surface area (Å²) < 4.78 is 0. The first-order valence-corrected chi connectivity index (χ1v) is 6.24. The molecule has 1 rings (SSSR count). The minimum atomic E-state index is -1.05. The van der Waals surface area contributed by atoms with Gasteiger partial charge in [-0.2, -0.15) is 0 Å². The van der Waals surface area contributed by atoms with E-state index >= 15 is 0 Å². The van der Waals surface area contributed by atoms with Crippen molar-refractivity contribution < 1.29 is 14.7 Å². The lowest BCUT2D eigenvalue weighted by Gasteiger charge is -2.25. The van der Waals surface area contributed by atoms with Gasteiger partial charge in [-0.3, -0.25) is 4.79 Å². The number of nitrogens with zero attached hydrogens (tertiary/aromatic N) is 1. The van der Waals surface area contributed by atoms with E-state index in [0.717, 1.165) is 5.56 Å². The predicted octanol–water partition coefficient (Wildman–Crippen LogP) is 2.98. The molecular formula is C13H17ClN2O3. The van der Waals surface area contributed by atoms with Gasteiger partial charge >= 0.3 is 12.0 Å². The van der Waals surface area contributed by atoms with Crippen LogP contribution in [0.25, 0.3) is 0 Å². The van der Waals surface area contributed by atoms with Crippen LogP contribution < -0.4 is 5.32 Å². The average Bonchev–Trinajstić information content (AvgIpc) is 2.30. The lowest BCUT2D eigenvalue weighted by Crippen LogP contribution is -2.43. The van der Waals surface area contributed by atoms with E-state index in [1.165, 1.54) is 4.90 Å². The molecule has 0 atom stereocenters. The number of rotatable bonds is 4. The van der Waals surface area contributed by atoms with Gasteiger partial charge in [-0.25, -0.2) is 4.79 Å². The van der Waals surface area contributed by atoms with Gasteiger partial charge in [0.05, 0.1) is 0 Å². The number of urea groups is 1. The molecule has 0 unspecified atom stereocenters. The first-order chi connectivity index (χ1) is 8.81. The monoisotopic (exact) mass is 284 g/mol. The van der Waals surface area contributed by atoms with Crippen molar-refractivity contribution in [2.75, 3.05) is 11.9 Å². The molecule has 0 aliphatic rings. The van der Waals surface area contributed by atoms with E-state index in [0.29, 0.717) is 10.7 Å². The van der Waals surface area contributed by atoms with Crippen molar-refractivity contribution in [3.8, 4) is 0 Å².